The third-order valence-electron chi connectivity index (χ3n) is 5.15. The molecule has 1 saturated heterocycles. The van der Waals surface area contributed by atoms with E-state index in [1.165, 1.54) is 24.6 Å². The number of amides is 1. The van der Waals surface area contributed by atoms with Crippen LogP contribution in [0.2, 0.25) is 0 Å². The molecule has 8 nitrogen and oxygen atoms in total. The van der Waals surface area contributed by atoms with Crippen LogP contribution in [0, 0.1) is 0 Å². The predicted octanol–water partition coefficient (Wildman–Crippen LogP) is 1.92. The molecule has 30 heavy (non-hydrogen) atoms. The van der Waals surface area contributed by atoms with Gasteiger partial charge in [0.2, 0.25) is 10.0 Å². The molecule has 0 radical (unpaired) electrons. The summed E-state index contributed by atoms with van der Waals surface area (Å²) < 4.78 is 38.1. The van der Waals surface area contributed by atoms with E-state index in [1.807, 2.05) is 31.1 Å². The van der Waals surface area contributed by atoms with Gasteiger partial charge in [-0.3, -0.25) is 4.79 Å². The SMILES string of the molecule is COc1ccc(OC)c(S(=O)(=O)N2CCN(C(=O)c3ccc(N(C)C)cc3)CC2)c1. The Balaban J connectivity index is 1.72. The molecule has 1 aliphatic rings. The molecule has 162 valence electrons. The molecule has 0 aromatic heterocycles. The Labute approximate surface area is 177 Å². The maximum atomic E-state index is 13.2. The van der Waals surface area contributed by atoms with E-state index in [9.17, 15) is 13.2 Å². The molecule has 0 unspecified atom stereocenters. The average molecular weight is 434 g/mol. The zero-order valence-corrected chi connectivity index (χ0v) is 18.5. The van der Waals surface area contributed by atoms with Gasteiger partial charge in [-0.05, 0) is 36.4 Å². The summed E-state index contributed by atoms with van der Waals surface area (Å²) in [5.41, 5.74) is 1.60. The molecule has 1 aliphatic heterocycles. The third kappa shape index (κ3) is 4.36. The Kier molecular flexibility index (Phi) is 6.52. The largest absolute Gasteiger partial charge is 0.497 e. The van der Waals surface area contributed by atoms with Crippen molar-refractivity contribution in [2.24, 2.45) is 0 Å². The Morgan fingerprint density at radius 2 is 1.57 bits per heavy atom. The minimum atomic E-state index is -3.78. The highest BCUT2D eigenvalue weighted by Gasteiger charge is 2.32. The fraction of sp³-hybridized carbons (Fsp3) is 0.381. The van der Waals surface area contributed by atoms with Gasteiger partial charge < -0.3 is 19.3 Å². The molecule has 0 N–H and O–H groups in total. The summed E-state index contributed by atoms with van der Waals surface area (Å²) in [4.78, 5) is 16.5. The van der Waals surface area contributed by atoms with Gasteiger partial charge in [0, 0.05) is 57.6 Å². The van der Waals surface area contributed by atoms with Crippen molar-refractivity contribution in [1.82, 2.24) is 9.21 Å². The van der Waals surface area contributed by atoms with Crippen LogP contribution in [0.25, 0.3) is 0 Å². The van der Waals surface area contributed by atoms with E-state index in [0.29, 0.717) is 24.4 Å². The van der Waals surface area contributed by atoms with Gasteiger partial charge in [-0.25, -0.2) is 8.42 Å². The Bertz CT molecular complexity index is 998. The quantitative estimate of drug-likeness (QED) is 0.693. The van der Waals surface area contributed by atoms with Crippen LogP contribution in [0.15, 0.2) is 47.4 Å². The second kappa shape index (κ2) is 8.93. The van der Waals surface area contributed by atoms with Crippen molar-refractivity contribution < 1.29 is 22.7 Å². The van der Waals surface area contributed by atoms with Gasteiger partial charge in [0.15, 0.2) is 0 Å². The summed E-state index contributed by atoms with van der Waals surface area (Å²) >= 11 is 0. The highest BCUT2D eigenvalue weighted by molar-refractivity contribution is 7.89. The van der Waals surface area contributed by atoms with E-state index >= 15 is 0 Å². The number of benzene rings is 2. The number of anilines is 1. The molecular weight excluding hydrogens is 406 g/mol. The van der Waals surface area contributed by atoms with Crippen molar-refractivity contribution in [3.63, 3.8) is 0 Å². The first-order valence-corrected chi connectivity index (χ1v) is 11.0. The molecule has 1 fully saturated rings. The Morgan fingerprint density at radius 3 is 2.10 bits per heavy atom. The lowest BCUT2D eigenvalue weighted by atomic mass is 10.1. The van der Waals surface area contributed by atoms with E-state index < -0.39 is 10.0 Å². The number of hydrogen-bond donors (Lipinski definition) is 0. The molecule has 1 amide bonds. The van der Waals surface area contributed by atoms with Crippen LogP contribution < -0.4 is 14.4 Å². The van der Waals surface area contributed by atoms with Gasteiger partial charge in [0.25, 0.3) is 5.91 Å². The second-order valence-electron chi connectivity index (χ2n) is 7.15. The molecular formula is C21H27N3O5S. The van der Waals surface area contributed by atoms with Crippen LogP contribution in [0.5, 0.6) is 11.5 Å². The van der Waals surface area contributed by atoms with Gasteiger partial charge >= 0.3 is 0 Å². The number of carbonyl (C=O) groups excluding carboxylic acids is 1. The van der Waals surface area contributed by atoms with Crippen molar-refractivity contribution in [1.29, 1.82) is 0 Å². The van der Waals surface area contributed by atoms with E-state index in [2.05, 4.69) is 0 Å². The van der Waals surface area contributed by atoms with Crippen molar-refractivity contribution in [2.75, 3.05) is 59.4 Å². The maximum absolute atomic E-state index is 13.2. The van der Waals surface area contributed by atoms with E-state index in [4.69, 9.17) is 9.47 Å². The monoisotopic (exact) mass is 433 g/mol. The van der Waals surface area contributed by atoms with Crippen LogP contribution in [-0.4, -0.2) is 78.0 Å². The highest BCUT2D eigenvalue weighted by atomic mass is 32.2. The van der Waals surface area contributed by atoms with E-state index in [-0.39, 0.29) is 29.6 Å². The summed E-state index contributed by atoms with van der Waals surface area (Å²) in [5.74, 6) is 0.593. The zero-order chi connectivity index (χ0) is 21.9. The molecule has 2 aromatic rings. The van der Waals surface area contributed by atoms with Crippen LogP contribution in [-0.2, 0) is 10.0 Å². The molecule has 0 spiro atoms. The van der Waals surface area contributed by atoms with E-state index in [1.54, 1.807) is 29.2 Å². The van der Waals surface area contributed by atoms with Gasteiger partial charge in [-0.15, -0.1) is 0 Å². The molecule has 0 atom stereocenters. The molecule has 0 aliphatic carbocycles. The fourth-order valence-electron chi connectivity index (χ4n) is 3.34. The standard InChI is InChI=1S/C21H27N3O5S/c1-22(2)17-7-5-16(6-8-17)21(25)23-11-13-24(14-12-23)30(26,27)20-15-18(28-3)9-10-19(20)29-4/h5-10,15H,11-14H2,1-4H3. The van der Waals surface area contributed by atoms with Crippen molar-refractivity contribution >= 4 is 21.6 Å². The first-order chi connectivity index (χ1) is 14.3. The number of hydrogen-bond acceptors (Lipinski definition) is 6. The first kappa shape index (κ1) is 21.9. The fourth-order valence-corrected chi connectivity index (χ4v) is 4.93. The van der Waals surface area contributed by atoms with Crippen LogP contribution in [0.3, 0.4) is 0 Å². The summed E-state index contributed by atoms with van der Waals surface area (Å²) in [7, 11) is 3.00. The summed E-state index contributed by atoms with van der Waals surface area (Å²) in [6, 6.07) is 12.0. The molecule has 9 heteroatoms. The van der Waals surface area contributed by atoms with E-state index in [0.717, 1.165) is 5.69 Å². The van der Waals surface area contributed by atoms with Crippen molar-refractivity contribution in [3.8, 4) is 11.5 Å². The number of ether oxygens (including phenoxy) is 2. The molecule has 3 rings (SSSR count). The number of sulfonamides is 1. The van der Waals surface area contributed by atoms with Gasteiger partial charge in [0.1, 0.15) is 16.4 Å². The number of nitrogens with zero attached hydrogens (tertiary/aromatic N) is 3. The van der Waals surface area contributed by atoms with Crippen LogP contribution >= 0.6 is 0 Å². The summed E-state index contributed by atoms with van der Waals surface area (Å²) in [6.07, 6.45) is 0. The number of methoxy groups -OCH3 is 2. The lowest BCUT2D eigenvalue weighted by Crippen LogP contribution is -2.50. The Morgan fingerprint density at radius 1 is 0.933 bits per heavy atom. The third-order valence-corrected chi connectivity index (χ3v) is 7.06. The molecule has 1 heterocycles. The van der Waals surface area contributed by atoms with Gasteiger partial charge in [0.05, 0.1) is 14.2 Å². The molecule has 0 bridgehead atoms. The van der Waals surface area contributed by atoms with Crippen molar-refractivity contribution in [3.05, 3.63) is 48.0 Å². The first-order valence-electron chi connectivity index (χ1n) is 9.56. The lowest BCUT2D eigenvalue weighted by Gasteiger charge is -2.34. The van der Waals surface area contributed by atoms with Gasteiger partial charge in [-0.1, -0.05) is 0 Å². The molecule has 0 saturated carbocycles. The normalized spacial score (nSPS) is 15.0. The Hall–Kier alpha value is -2.78. The number of carbonyl (C=O) groups is 1. The number of piperazine rings is 1. The zero-order valence-electron chi connectivity index (χ0n) is 17.7. The van der Waals surface area contributed by atoms with Crippen molar-refractivity contribution in [2.45, 2.75) is 4.90 Å². The summed E-state index contributed by atoms with van der Waals surface area (Å²) in [6.45, 7) is 1.06. The minimum absolute atomic E-state index is 0.0587. The predicted molar refractivity (Wildman–Crippen MR) is 115 cm³/mol. The maximum Gasteiger partial charge on any atom is 0.253 e. The average Bonchev–Trinajstić information content (AvgIpc) is 2.78. The van der Waals surface area contributed by atoms with Crippen LogP contribution in [0.4, 0.5) is 5.69 Å². The highest BCUT2D eigenvalue weighted by Crippen LogP contribution is 2.31. The smallest absolute Gasteiger partial charge is 0.253 e. The van der Waals surface area contributed by atoms with Gasteiger partial charge in [-0.2, -0.15) is 4.31 Å². The minimum Gasteiger partial charge on any atom is -0.497 e. The number of rotatable bonds is 6. The second-order valence-corrected chi connectivity index (χ2v) is 9.06. The lowest BCUT2D eigenvalue weighted by molar-refractivity contribution is 0.0698. The van der Waals surface area contributed by atoms with Crippen LogP contribution in [0.1, 0.15) is 10.4 Å². The summed E-state index contributed by atoms with van der Waals surface area (Å²) in [5, 5.41) is 0. The topological polar surface area (TPSA) is 79.4 Å². The molecule has 2 aromatic carbocycles.